The van der Waals surface area contributed by atoms with Gasteiger partial charge in [0.1, 0.15) is 0 Å². The minimum Gasteiger partial charge on any atom is -0.490 e. The van der Waals surface area contributed by atoms with Crippen LogP contribution in [0.3, 0.4) is 0 Å². The molecule has 7 nitrogen and oxygen atoms in total. The van der Waals surface area contributed by atoms with Crippen LogP contribution >= 0.6 is 0 Å². The summed E-state index contributed by atoms with van der Waals surface area (Å²) in [7, 11) is 0. The van der Waals surface area contributed by atoms with E-state index in [1.165, 1.54) is 4.90 Å². The first kappa shape index (κ1) is 24.6. The van der Waals surface area contributed by atoms with Crippen LogP contribution in [-0.2, 0) is 9.53 Å². The summed E-state index contributed by atoms with van der Waals surface area (Å²) in [5, 5.41) is 2.84. The van der Waals surface area contributed by atoms with Gasteiger partial charge < -0.3 is 24.4 Å². The summed E-state index contributed by atoms with van der Waals surface area (Å²) in [6.07, 6.45) is -3.23. The Morgan fingerprint density at radius 3 is 2.26 bits per heavy atom. The molecular weight excluding hydrogens is 417 g/mol. The molecule has 0 radical (unpaired) electrons. The first-order valence-corrected chi connectivity index (χ1v) is 10.4. The van der Waals surface area contributed by atoms with Gasteiger partial charge in [0.2, 0.25) is 5.91 Å². The maximum atomic E-state index is 12.6. The van der Waals surface area contributed by atoms with E-state index in [-0.39, 0.29) is 24.9 Å². The van der Waals surface area contributed by atoms with E-state index >= 15 is 0 Å². The number of halogens is 3. The molecule has 0 aliphatic carbocycles. The van der Waals surface area contributed by atoms with E-state index in [1.54, 1.807) is 18.2 Å². The number of carbonyl (C=O) groups is 2. The molecule has 1 fully saturated rings. The molecule has 0 saturated carbocycles. The maximum absolute atomic E-state index is 12.6. The predicted molar refractivity (Wildman–Crippen MR) is 108 cm³/mol. The highest BCUT2D eigenvalue weighted by atomic mass is 19.4. The van der Waals surface area contributed by atoms with Crippen LogP contribution in [0.5, 0.6) is 11.5 Å². The third-order valence-electron chi connectivity index (χ3n) is 4.62. The highest BCUT2D eigenvalue weighted by molar-refractivity contribution is 5.93. The van der Waals surface area contributed by atoms with Crippen molar-refractivity contribution in [1.82, 2.24) is 4.90 Å². The van der Waals surface area contributed by atoms with Crippen LogP contribution < -0.4 is 14.8 Å². The Hall–Kier alpha value is -2.65. The Balaban J connectivity index is 1.90. The van der Waals surface area contributed by atoms with Gasteiger partial charge in [0.15, 0.2) is 18.1 Å². The van der Waals surface area contributed by atoms with Crippen molar-refractivity contribution < 1.29 is 37.0 Å². The zero-order valence-corrected chi connectivity index (χ0v) is 17.8. The number of carbonyl (C=O) groups excluding carboxylic acids is 2. The fourth-order valence-corrected chi connectivity index (χ4v) is 3.05. The number of amides is 2. The third kappa shape index (κ3) is 8.18. The van der Waals surface area contributed by atoms with Crippen molar-refractivity contribution in [2.45, 2.75) is 45.7 Å². The zero-order chi connectivity index (χ0) is 22.9. The van der Waals surface area contributed by atoms with Crippen LogP contribution in [0.25, 0.3) is 0 Å². The molecule has 31 heavy (non-hydrogen) atoms. The van der Waals surface area contributed by atoms with Crippen molar-refractivity contribution in [3.05, 3.63) is 18.2 Å². The number of nitrogens with one attached hydrogen (secondary N) is 1. The van der Waals surface area contributed by atoms with Crippen molar-refractivity contribution in [2.75, 3.05) is 38.2 Å². The van der Waals surface area contributed by atoms with Crippen molar-refractivity contribution in [1.29, 1.82) is 0 Å². The molecule has 2 rings (SSSR count). The standard InChI is InChI=1S/C21H29F3N2O5/c1-3-11-29-17-6-5-16(13-18(17)30-12-4-2)25-19(27)15-7-9-26(10-8-15)20(28)31-14-21(22,23)24/h5-6,13,15H,3-4,7-12,14H2,1-2H3,(H,25,27). The summed E-state index contributed by atoms with van der Waals surface area (Å²) in [4.78, 5) is 25.5. The van der Waals surface area contributed by atoms with E-state index in [1.807, 2.05) is 13.8 Å². The second kappa shape index (κ2) is 11.7. The van der Waals surface area contributed by atoms with E-state index in [2.05, 4.69) is 10.1 Å². The average molecular weight is 446 g/mol. The molecule has 0 aromatic heterocycles. The molecule has 1 aliphatic rings. The largest absolute Gasteiger partial charge is 0.490 e. The smallest absolute Gasteiger partial charge is 0.422 e. The topological polar surface area (TPSA) is 77.1 Å². The Morgan fingerprint density at radius 1 is 1.06 bits per heavy atom. The first-order valence-electron chi connectivity index (χ1n) is 10.4. The lowest BCUT2D eigenvalue weighted by atomic mass is 9.96. The number of ether oxygens (including phenoxy) is 3. The monoisotopic (exact) mass is 446 g/mol. The molecular formula is C21H29F3N2O5. The second-order valence-corrected chi connectivity index (χ2v) is 7.28. The molecule has 1 aromatic rings. The van der Waals surface area contributed by atoms with E-state index in [0.29, 0.717) is 43.2 Å². The highest BCUT2D eigenvalue weighted by Crippen LogP contribution is 2.31. The molecule has 0 atom stereocenters. The quantitative estimate of drug-likeness (QED) is 0.599. The number of rotatable bonds is 9. The van der Waals surface area contributed by atoms with Crippen molar-refractivity contribution >= 4 is 17.7 Å². The maximum Gasteiger partial charge on any atom is 0.422 e. The van der Waals surface area contributed by atoms with Gasteiger partial charge in [-0.2, -0.15) is 13.2 Å². The van der Waals surface area contributed by atoms with Gasteiger partial charge in [0.05, 0.1) is 13.2 Å². The van der Waals surface area contributed by atoms with Crippen LogP contribution in [-0.4, -0.2) is 56.0 Å². The Kier molecular flexibility index (Phi) is 9.26. The van der Waals surface area contributed by atoms with Gasteiger partial charge in [-0.25, -0.2) is 4.79 Å². The summed E-state index contributed by atoms with van der Waals surface area (Å²) in [5.74, 6) is 0.587. The fourth-order valence-electron chi connectivity index (χ4n) is 3.05. The lowest BCUT2D eigenvalue weighted by molar-refractivity contribution is -0.162. The Morgan fingerprint density at radius 2 is 1.68 bits per heavy atom. The van der Waals surface area contributed by atoms with Crippen LogP contribution in [0.1, 0.15) is 39.5 Å². The molecule has 0 unspecified atom stereocenters. The molecule has 1 saturated heterocycles. The highest BCUT2D eigenvalue weighted by Gasteiger charge is 2.33. The summed E-state index contributed by atoms with van der Waals surface area (Å²) in [5.41, 5.74) is 0.562. The van der Waals surface area contributed by atoms with Crippen molar-refractivity contribution in [2.24, 2.45) is 5.92 Å². The molecule has 1 aromatic carbocycles. The van der Waals surface area contributed by atoms with Crippen molar-refractivity contribution in [3.8, 4) is 11.5 Å². The lowest BCUT2D eigenvalue weighted by Crippen LogP contribution is -2.42. The molecule has 2 amide bonds. The molecule has 10 heteroatoms. The second-order valence-electron chi connectivity index (χ2n) is 7.28. The molecule has 0 spiro atoms. The Labute approximate surface area is 179 Å². The van der Waals surface area contributed by atoms with Gasteiger partial charge in [-0.05, 0) is 37.8 Å². The third-order valence-corrected chi connectivity index (χ3v) is 4.62. The zero-order valence-electron chi connectivity index (χ0n) is 17.8. The SMILES string of the molecule is CCCOc1ccc(NC(=O)C2CCN(C(=O)OCC(F)(F)F)CC2)cc1OCCC. The first-order chi connectivity index (χ1) is 14.7. The number of hydrogen-bond acceptors (Lipinski definition) is 5. The molecule has 174 valence electrons. The molecule has 0 bridgehead atoms. The number of benzene rings is 1. The van der Waals surface area contributed by atoms with E-state index in [4.69, 9.17) is 9.47 Å². The van der Waals surface area contributed by atoms with E-state index in [9.17, 15) is 22.8 Å². The molecule has 1 aliphatic heterocycles. The minimum absolute atomic E-state index is 0.156. The molecule has 1 heterocycles. The van der Waals surface area contributed by atoms with Gasteiger partial charge in [-0.15, -0.1) is 0 Å². The number of piperidine rings is 1. The van der Waals surface area contributed by atoms with Gasteiger partial charge >= 0.3 is 12.3 Å². The summed E-state index contributed by atoms with van der Waals surface area (Å²) >= 11 is 0. The summed E-state index contributed by atoms with van der Waals surface area (Å²) in [6, 6.07) is 5.18. The average Bonchev–Trinajstić information content (AvgIpc) is 2.74. The number of alkyl halides is 3. The number of anilines is 1. The lowest BCUT2D eigenvalue weighted by Gasteiger charge is -2.30. The van der Waals surface area contributed by atoms with Crippen LogP contribution in [0.2, 0.25) is 0 Å². The van der Waals surface area contributed by atoms with E-state index < -0.39 is 18.9 Å². The van der Waals surface area contributed by atoms with Crippen molar-refractivity contribution in [3.63, 3.8) is 0 Å². The minimum atomic E-state index is -4.56. The van der Waals surface area contributed by atoms with Crippen LogP contribution in [0.4, 0.5) is 23.7 Å². The summed E-state index contributed by atoms with van der Waals surface area (Å²) in [6.45, 7) is 3.76. The number of nitrogens with zero attached hydrogens (tertiary/aromatic N) is 1. The van der Waals surface area contributed by atoms with Gasteiger partial charge in [0.25, 0.3) is 0 Å². The predicted octanol–water partition coefficient (Wildman–Crippen LogP) is 4.61. The van der Waals surface area contributed by atoms with Crippen LogP contribution in [0, 0.1) is 5.92 Å². The number of hydrogen-bond donors (Lipinski definition) is 1. The number of likely N-dealkylation sites (tertiary alicyclic amines) is 1. The fraction of sp³-hybridized carbons (Fsp3) is 0.619. The molecule has 1 N–H and O–H groups in total. The van der Waals surface area contributed by atoms with Gasteiger partial charge in [-0.3, -0.25) is 4.79 Å². The van der Waals surface area contributed by atoms with Crippen LogP contribution in [0.15, 0.2) is 18.2 Å². The van der Waals surface area contributed by atoms with Gasteiger partial charge in [-0.1, -0.05) is 13.8 Å². The Bertz CT molecular complexity index is 734. The van der Waals surface area contributed by atoms with Gasteiger partial charge in [0, 0.05) is 30.8 Å². The normalized spacial score (nSPS) is 14.8. The van der Waals surface area contributed by atoms with E-state index in [0.717, 1.165) is 12.8 Å². The summed E-state index contributed by atoms with van der Waals surface area (Å²) < 4.78 is 52.2.